The number of allylic oxidation sites excluding steroid dienone is 2. The molecule has 2 aliphatic heterocycles. The quantitative estimate of drug-likeness (QED) is 0.0127. The second kappa shape index (κ2) is 33.0. The fraction of sp³-hybridized carbons (Fsp3) is 0.825. The highest BCUT2D eigenvalue weighted by atomic mass is 79.9. The third-order valence-electron chi connectivity index (χ3n) is 15.2. The summed E-state index contributed by atoms with van der Waals surface area (Å²) in [7, 11) is 1.52. The number of methoxy groups -OCH3 is 1. The van der Waals surface area contributed by atoms with E-state index in [1.165, 1.54) is 71.0 Å². The predicted molar refractivity (Wildman–Crippen MR) is 283 cm³/mol. The van der Waals surface area contributed by atoms with Crippen molar-refractivity contribution in [2.24, 2.45) is 23.2 Å². The summed E-state index contributed by atoms with van der Waals surface area (Å²) in [6, 6.07) is 0. The van der Waals surface area contributed by atoms with Gasteiger partial charge in [-0.3, -0.25) is 4.79 Å². The van der Waals surface area contributed by atoms with Gasteiger partial charge in [0, 0.05) is 54.5 Å². The maximum atomic E-state index is 13.1. The van der Waals surface area contributed by atoms with Gasteiger partial charge in [-0.1, -0.05) is 158 Å². The smallest absolute Gasteiger partial charge is 0.331 e. The second-order valence-electron chi connectivity index (χ2n) is 22.4. The van der Waals surface area contributed by atoms with E-state index in [-0.39, 0.29) is 56.0 Å². The highest BCUT2D eigenvalue weighted by Crippen LogP contribution is 2.41. The van der Waals surface area contributed by atoms with Crippen molar-refractivity contribution in [1.29, 1.82) is 0 Å². The van der Waals surface area contributed by atoms with Crippen molar-refractivity contribution in [2.75, 3.05) is 7.11 Å². The molecule has 0 radical (unpaired) electrons. The van der Waals surface area contributed by atoms with Crippen LogP contribution >= 0.6 is 15.9 Å². The number of aliphatic hydroxyl groups is 6. The van der Waals surface area contributed by atoms with Gasteiger partial charge < -0.3 is 49.6 Å². The lowest BCUT2D eigenvalue weighted by atomic mass is 9.75. The van der Waals surface area contributed by atoms with Gasteiger partial charge in [0.2, 0.25) is 0 Å². The van der Waals surface area contributed by atoms with Gasteiger partial charge in [0.25, 0.3) is 0 Å². The number of ether oxygens (including phenoxy) is 4. The Balaban J connectivity index is 2.03. The Morgan fingerprint density at radius 3 is 2.01 bits per heavy atom. The van der Waals surface area contributed by atoms with Gasteiger partial charge in [0.1, 0.15) is 29.7 Å². The number of hydrogen-bond donors (Lipinski definition) is 6. The predicted octanol–water partition coefficient (Wildman–Crippen LogP) is 11.4. The summed E-state index contributed by atoms with van der Waals surface area (Å²) in [6.07, 6.45) is 14.0. The van der Waals surface area contributed by atoms with Gasteiger partial charge in [-0.05, 0) is 76.7 Å². The third kappa shape index (κ3) is 23.0. The summed E-state index contributed by atoms with van der Waals surface area (Å²) in [5.74, 6) is -0.786. The van der Waals surface area contributed by atoms with Crippen molar-refractivity contribution in [3.8, 4) is 0 Å². The zero-order valence-electron chi connectivity index (χ0n) is 45.1. The highest BCUT2D eigenvalue weighted by Gasteiger charge is 2.52. The van der Waals surface area contributed by atoms with Crippen LogP contribution in [0.5, 0.6) is 0 Å². The molecular weight excluding hydrogens is 957 g/mol. The first-order chi connectivity index (χ1) is 33.0. The normalized spacial score (nSPS) is 27.0. The first kappa shape index (κ1) is 64.0. The van der Waals surface area contributed by atoms with Gasteiger partial charge >= 0.3 is 11.9 Å². The van der Waals surface area contributed by atoms with Crippen LogP contribution in [0.25, 0.3) is 0 Å². The summed E-state index contributed by atoms with van der Waals surface area (Å²) < 4.78 is 23.8. The first-order valence-corrected chi connectivity index (χ1v) is 27.9. The van der Waals surface area contributed by atoms with Crippen molar-refractivity contribution in [1.82, 2.24) is 0 Å². The van der Waals surface area contributed by atoms with Crippen molar-refractivity contribution in [3.63, 3.8) is 0 Å². The Morgan fingerprint density at radius 2 is 1.44 bits per heavy atom. The summed E-state index contributed by atoms with van der Waals surface area (Å²) in [5, 5.41) is 68.5. The molecular formula is C57H99BrO12. The van der Waals surface area contributed by atoms with E-state index < -0.39 is 71.7 Å². The average molecular weight is 1060 g/mol. The van der Waals surface area contributed by atoms with Gasteiger partial charge in [0.15, 0.2) is 0 Å². The number of hydrogen-bond acceptors (Lipinski definition) is 12. The summed E-state index contributed by atoms with van der Waals surface area (Å²) in [5.41, 5.74) is -0.369. The van der Waals surface area contributed by atoms with Crippen LogP contribution in [0.3, 0.4) is 0 Å². The van der Waals surface area contributed by atoms with E-state index in [1.54, 1.807) is 45.7 Å². The number of rotatable bonds is 31. The van der Waals surface area contributed by atoms with Gasteiger partial charge in [0.05, 0.1) is 43.7 Å². The molecule has 0 aromatic rings. The van der Waals surface area contributed by atoms with Crippen LogP contribution in [-0.2, 0) is 28.5 Å². The lowest BCUT2D eigenvalue weighted by Crippen LogP contribution is -2.48. The molecule has 0 aromatic heterocycles. The Kier molecular flexibility index (Phi) is 30.1. The molecule has 406 valence electrons. The summed E-state index contributed by atoms with van der Waals surface area (Å²) in [6.45, 7) is 21.0. The summed E-state index contributed by atoms with van der Waals surface area (Å²) in [4.78, 5) is 27.8. The maximum Gasteiger partial charge on any atom is 0.331 e. The third-order valence-corrected chi connectivity index (χ3v) is 15.6. The molecule has 2 bridgehead atoms. The molecule has 13 atom stereocenters. The van der Waals surface area contributed by atoms with Gasteiger partial charge in [-0.25, -0.2) is 4.79 Å². The number of halogens is 1. The van der Waals surface area contributed by atoms with E-state index >= 15 is 0 Å². The van der Waals surface area contributed by atoms with Crippen LogP contribution < -0.4 is 0 Å². The minimum absolute atomic E-state index is 0.0243. The van der Waals surface area contributed by atoms with E-state index in [1.807, 2.05) is 6.92 Å². The number of esters is 2. The monoisotopic (exact) mass is 1050 g/mol. The van der Waals surface area contributed by atoms with Gasteiger partial charge in [-0.15, -0.1) is 0 Å². The van der Waals surface area contributed by atoms with Crippen LogP contribution in [0.4, 0.5) is 0 Å². The number of aliphatic hydroxyl groups excluding tert-OH is 6. The second-order valence-corrected chi connectivity index (χ2v) is 22.9. The Bertz CT molecular complexity index is 1630. The molecule has 2 rings (SSSR count). The Labute approximate surface area is 432 Å². The SMILES string of the molecule is C=C(CC(CC(O)C(C)C(O)CC(O)C(C)(C)C(O)C/C(C)=C/C(O)C1(C)OC2CC(C)CC(O)CC(C)C/C(C)=C\C(=O)OC1C2)OC(=O)CCCCCCCCCCCCCCC)/C(=C\Br)OC. The lowest BCUT2D eigenvalue weighted by molar-refractivity contribution is -0.164. The summed E-state index contributed by atoms with van der Waals surface area (Å²) >= 11 is 3.29. The molecule has 6 N–H and O–H groups in total. The molecule has 0 aromatic carbocycles. The molecule has 2 heterocycles. The molecule has 12 nitrogen and oxygen atoms in total. The Hall–Kier alpha value is -2.10. The largest absolute Gasteiger partial charge is 0.496 e. The van der Waals surface area contributed by atoms with Crippen molar-refractivity contribution in [2.45, 2.75) is 271 Å². The molecule has 70 heavy (non-hydrogen) atoms. The molecule has 0 saturated carbocycles. The van der Waals surface area contributed by atoms with Crippen LogP contribution in [0.2, 0.25) is 0 Å². The van der Waals surface area contributed by atoms with E-state index in [2.05, 4.69) is 43.3 Å². The van der Waals surface area contributed by atoms with E-state index in [4.69, 9.17) is 18.9 Å². The Morgan fingerprint density at radius 1 is 0.886 bits per heavy atom. The molecule has 0 spiro atoms. The van der Waals surface area contributed by atoms with E-state index in [9.17, 15) is 40.2 Å². The molecule has 2 aliphatic rings. The van der Waals surface area contributed by atoms with Crippen molar-refractivity contribution >= 4 is 27.9 Å². The molecule has 1 saturated heterocycles. The van der Waals surface area contributed by atoms with Gasteiger partial charge in [-0.2, -0.15) is 0 Å². The first-order valence-electron chi connectivity index (χ1n) is 27.0. The highest BCUT2D eigenvalue weighted by molar-refractivity contribution is 9.11. The topological polar surface area (TPSA) is 192 Å². The van der Waals surface area contributed by atoms with E-state index in [0.717, 1.165) is 31.3 Å². The molecule has 0 amide bonds. The van der Waals surface area contributed by atoms with E-state index in [0.29, 0.717) is 49.0 Å². The standard InChI is InChI=1S/C57H99BrO12/c1-12-13-14-15-16-17-18-19-20-21-22-23-24-25-54(65)68-45(33-42(6)49(37-58)67-11)34-47(60)43(7)48(61)36-51(63)56(8,9)50(62)30-41(5)31-52(64)57(10)53-35-46(70-57)29-40(4)28-44(59)27-38(2)26-39(3)32-55(66)69-53/h31-32,37-38,40,43-48,50-53,59-64H,6,12-30,33-36H2,1-5,7-11H3/b39-32-,41-31+,49-37+. The number of unbranched alkanes of at least 4 members (excludes halogenated alkanes) is 12. The number of carbonyl (C=O) groups is 2. The minimum Gasteiger partial charge on any atom is -0.496 e. The average Bonchev–Trinajstić information content (AvgIpc) is 3.58. The van der Waals surface area contributed by atoms with Crippen molar-refractivity contribution in [3.05, 3.63) is 46.2 Å². The molecule has 13 unspecified atom stereocenters. The molecule has 0 aliphatic carbocycles. The zero-order valence-corrected chi connectivity index (χ0v) is 46.7. The zero-order chi connectivity index (χ0) is 52.6. The van der Waals surface area contributed by atoms with Crippen LogP contribution in [-0.4, -0.2) is 110 Å². The van der Waals surface area contributed by atoms with Crippen LogP contribution in [0.15, 0.2) is 46.2 Å². The molecule has 1 fully saturated rings. The fourth-order valence-electron chi connectivity index (χ4n) is 10.3. The van der Waals surface area contributed by atoms with Crippen LogP contribution in [0, 0.1) is 23.2 Å². The maximum absolute atomic E-state index is 13.1. The van der Waals surface area contributed by atoms with Crippen LogP contribution in [0.1, 0.15) is 210 Å². The van der Waals surface area contributed by atoms with Crippen molar-refractivity contribution < 1.29 is 59.2 Å². The lowest BCUT2D eigenvalue weighted by Gasteiger charge is -2.38. The molecule has 13 heteroatoms. The fourth-order valence-corrected chi connectivity index (χ4v) is 10.8. The minimum atomic E-state index is -1.29. The number of carbonyl (C=O) groups excluding carboxylic acids is 2. The number of fused-ring (bicyclic) bond motifs is 2.